The first-order valence-corrected chi connectivity index (χ1v) is 9.61. The number of rotatable bonds is 5. The molecule has 1 aliphatic carbocycles. The van der Waals surface area contributed by atoms with Gasteiger partial charge in [-0.05, 0) is 81.9 Å². The predicted octanol–water partition coefficient (Wildman–Crippen LogP) is 5.16. The SMILES string of the molecule is CC1(NCCC2CCC(c3ccccc3Cl)CC2)CCOCC1. The smallest absolute Gasteiger partial charge is 0.0483 e. The van der Waals surface area contributed by atoms with Gasteiger partial charge in [-0.3, -0.25) is 0 Å². The van der Waals surface area contributed by atoms with E-state index in [-0.39, 0.29) is 0 Å². The van der Waals surface area contributed by atoms with Gasteiger partial charge in [0.25, 0.3) is 0 Å². The van der Waals surface area contributed by atoms with Crippen molar-refractivity contribution in [2.24, 2.45) is 5.92 Å². The molecule has 0 aromatic heterocycles. The van der Waals surface area contributed by atoms with Crippen molar-refractivity contribution >= 4 is 11.6 Å². The van der Waals surface area contributed by atoms with Crippen molar-refractivity contribution in [3.8, 4) is 0 Å². The van der Waals surface area contributed by atoms with Crippen LogP contribution in [0.3, 0.4) is 0 Å². The van der Waals surface area contributed by atoms with Gasteiger partial charge in [0.15, 0.2) is 0 Å². The van der Waals surface area contributed by atoms with E-state index in [1.54, 1.807) is 0 Å². The molecule has 23 heavy (non-hydrogen) atoms. The van der Waals surface area contributed by atoms with Crippen molar-refractivity contribution in [1.82, 2.24) is 5.32 Å². The second kappa shape index (κ2) is 8.00. The Labute approximate surface area is 145 Å². The van der Waals surface area contributed by atoms with Crippen LogP contribution in [0.1, 0.15) is 63.4 Å². The van der Waals surface area contributed by atoms with E-state index < -0.39 is 0 Å². The Kier molecular flexibility index (Phi) is 6.01. The van der Waals surface area contributed by atoms with Crippen molar-refractivity contribution in [2.45, 2.75) is 63.3 Å². The molecule has 0 unspecified atom stereocenters. The molecule has 1 aliphatic heterocycles. The molecule has 0 atom stereocenters. The zero-order valence-electron chi connectivity index (χ0n) is 14.3. The summed E-state index contributed by atoms with van der Waals surface area (Å²) < 4.78 is 5.47. The van der Waals surface area contributed by atoms with Crippen LogP contribution in [0.2, 0.25) is 5.02 Å². The first-order valence-electron chi connectivity index (χ1n) is 9.23. The van der Waals surface area contributed by atoms with Crippen LogP contribution in [0, 0.1) is 5.92 Å². The Morgan fingerprint density at radius 1 is 1.13 bits per heavy atom. The van der Waals surface area contributed by atoms with Gasteiger partial charge in [0.2, 0.25) is 0 Å². The molecule has 0 bridgehead atoms. The lowest BCUT2D eigenvalue weighted by Gasteiger charge is -2.36. The topological polar surface area (TPSA) is 21.3 Å². The van der Waals surface area contributed by atoms with Crippen LogP contribution in [-0.4, -0.2) is 25.3 Å². The largest absolute Gasteiger partial charge is 0.381 e. The standard InChI is InChI=1S/C20H30ClNO/c1-20(11-14-23-15-12-20)22-13-10-16-6-8-17(9-7-16)18-4-2-3-5-19(18)21/h2-5,16-17,22H,6-15H2,1H3. The lowest BCUT2D eigenvalue weighted by molar-refractivity contribution is 0.0446. The number of hydrogen-bond donors (Lipinski definition) is 1. The van der Waals surface area contributed by atoms with Gasteiger partial charge in [0.05, 0.1) is 0 Å². The molecule has 1 aromatic rings. The minimum Gasteiger partial charge on any atom is -0.381 e. The van der Waals surface area contributed by atoms with Crippen molar-refractivity contribution in [2.75, 3.05) is 19.8 Å². The summed E-state index contributed by atoms with van der Waals surface area (Å²) in [6, 6.07) is 8.38. The van der Waals surface area contributed by atoms with E-state index in [4.69, 9.17) is 16.3 Å². The molecule has 0 amide bonds. The van der Waals surface area contributed by atoms with Crippen molar-refractivity contribution in [3.63, 3.8) is 0 Å². The summed E-state index contributed by atoms with van der Waals surface area (Å²) in [5, 5.41) is 4.75. The van der Waals surface area contributed by atoms with Crippen molar-refractivity contribution < 1.29 is 4.74 Å². The highest BCUT2D eigenvalue weighted by Gasteiger charge is 2.27. The first-order chi connectivity index (χ1) is 11.2. The van der Waals surface area contributed by atoms with E-state index in [1.807, 2.05) is 12.1 Å². The summed E-state index contributed by atoms with van der Waals surface area (Å²) in [7, 11) is 0. The third kappa shape index (κ3) is 4.71. The highest BCUT2D eigenvalue weighted by atomic mass is 35.5. The van der Waals surface area contributed by atoms with Gasteiger partial charge in [-0.2, -0.15) is 0 Å². The Bertz CT molecular complexity index is 490. The summed E-state index contributed by atoms with van der Waals surface area (Å²) in [6.45, 7) is 5.32. The summed E-state index contributed by atoms with van der Waals surface area (Å²) in [5.74, 6) is 1.55. The van der Waals surface area contributed by atoms with E-state index >= 15 is 0 Å². The molecule has 128 valence electrons. The molecule has 1 heterocycles. The maximum Gasteiger partial charge on any atom is 0.0483 e. The summed E-state index contributed by atoms with van der Waals surface area (Å²) in [6.07, 6.45) is 8.87. The second-order valence-corrected chi connectivity index (χ2v) is 8.03. The molecule has 3 rings (SSSR count). The molecule has 2 fully saturated rings. The zero-order chi connectivity index (χ0) is 16.1. The molecule has 0 radical (unpaired) electrons. The van der Waals surface area contributed by atoms with Crippen LogP contribution in [0.25, 0.3) is 0 Å². The fourth-order valence-electron chi connectivity index (χ4n) is 4.15. The highest BCUT2D eigenvalue weighted by molar-refractivity contribution is 6.31. The molecule has 0 spiro atoms. The third-order valence-corrected chi connectivity index (χ3v) is 6.24. The van der Waals surface area contributed by atoms with Gasteiger partial charge in [0.1, 0.15) is 0 Å². The van der Waals surface area contributed by atoms with E-state index in [2.05, 4.69) is 24.4 Å². The Morgan fingerprint density at radius 3 is 2.52 bits per heavy atom. The lowest BCUT2D eigenvalue weighted by atomic mass is 9.77. The summed E-state index contributed by atoms with van der Waals surface area (Å²) >= 11 is 6.36. The van der Waals surface area contributed by atoms with Crippen LogP contribution < -0.4 is 5.32 Å². The number of benzene rings is 1. The van der Waals surface area contributed by atoms with Crippen molar-refractivity contribution in [3.05, 3.63) is 34.9 Å². The Hall–Kier alpha value is -0.570. The predicted molar refractivity (Wildman–Crippen MR) is 97.2 cm³/mol. The second-order valence-electron chi connectivity index (χ2n) is 7.63. The van der Waals surface area contributed by atoms with Gasteiger partial charge in [-0.1, -0.05) is 29.8 Å². The Balaban J connectivity index is 1.40. The third-order valence-electron chi connectivity index (χ3n) is 5.89. The van der Waals surface area contributed by atoms with Crippen molar-refractivity contribution in [1.29, 1.82) is 0 Å². The van der Waals surface area contributed by atoms with Crippen LogP contribution in [-0.2, 0) is 4.74 Å². The maximum atomic E-state index is 6.36. The minimum absolute atomic E-state index is 0.299. The highest BCUT2D eigenvalue weighted by Crippen LogP contribution is 2.39. The van der Waals surface area contributed by atoms with Gasteiger partial charge >= 0.3 is 0 Å². The van der Waals surface area contributed by atoms with E-state index in [0.29, 0.717) is 11.5 Å². The van der Waals surface area contributed by atoms with E-state index in [9.17, 15) is 0 Å². The molecule has 3 heteroatoms. The number of halogens is 1. The zero-order valence-corrected chi connectivity index (χ0v) is 15.1. The monoisotopic (exact) mass is 335 g/mol. The van der Waals surface area contributed by atoms with Crippen LogP contribution >= 0.6 is 11.6 Å². The molecule has 2 nitrogen and oxygen atoms in total. The molecular weight excluding hydrogens is 306 g/mol. The normalized spacial score (nSPS) is 27.7. The van der Waals surface area contributed by atoms with E-state index in [0.717, 1.165) is 43.5 Å². The van der Waals surface area contributed by atoms with Crippen LogP contribution in [0.4, 0.5) is 0 Å². The van der Waals surface area contributed by atoms with Gasteiger partial charge < -0.3 is 10.1 Å². The van der Waals surface area contributed by atoms with Gasteiger partial charge in [-0.25, -0.2) is 0 Å². The molecule has 1 saturated carbocycles. The van der Waals surface area contributed by atoms with E-state index in [1.165, 1.54) is 37.7 Å². The lowest BCUT2D eigenvalue weighted by Crippen LogP contribution is -2.47. The molecule has 2 aliphatic rings. The average molecular weight is 336 g/mol. The minimum atomic E-state index is 0.299. The van der Waals surface area contributed by atoms with Crippen LogP contribution in [0.5, 0.6) is 0 Å². The quantitative estimate of drug-likeness (QED) is 0.802. The van der Waals surface area contributed by atoms with Gasteiger partial charge in [-0.15, -0.1) is 0 Å². The fourth-order valence-corrected chi connectivity index (χ4v) is 4.44. The molecule has 1 saturated heterocycles. The summed E-state index contributed by atoms with van der Waals surface area (Å²) in [5.41, 5.74) is 1.66. The summed E-state index contributed by atoms with van der Waals surface area (Å²) in [4.78, 5) is 0. The fraction of sp³-hybridized carbons (Fsp3) is 0.700. The molecule has 1 aromatic carbocycles. The number of hydrogen-bond acceptors (Lipinski definition) is 2. The molecular formula is C20H30ClNO. The van der Waals surface area contributed by atoms with Crippen LogP contribution in [0.15, 0.2) is 24.3 Å². The first kappa shape index (κ1) is 17.3. The number of ether oxygens (including phenoxy) is 1. The molecule has 1 N–H and O–H groups in total. The number of nitrogens with one attached hydrogen (secondary N) is 1. The van der Waals surface area contributed by atoms with Gasteiger partial charge in [0, 0.05) is 23.8 Å². The average Bonchev–Trinajstić information content (AvgIpc) is 2.57. The Morgan fingerprint density at radius 2 is 1.83 bits per heavy atom. The maximum absolute atomic E-state index is 6.36.